The summed E-state index contributed by atoms with van der Waals surface area (Å²) in [6, 6.07) is 3.70. The first-order valence-electron chi connectivity index (χ1n) is 10.2. The molecule has 4 rings (SSSR count). The van der Waals surface area contributed by atoms with Crippen molar-refractivity contribution < 1.29 is 14.3 Å². The molecule has 29 heavy (non-hydrogen) atoms. The van der Waals surface area contributed by atoms with Crippen LogP contribution in [0.4, 0.5) is 0 Å². The molecule has 1 aliphatic carbocycles. The molecule has 0 radical (unpaired) electrons. The summed E-state index contributed by atoms with van der Waals surface area (Å²) in [6.07, 6.45) is 5.89. The molecule has 1 saturated carbocycles. The molecule has 2 N–H and O–H groups in total. The van der Waals surface area contributed by atoms with Gasteiger partial charge in [-0.3, -0.25) is 14.6 Å². The van der Waals surface area contributed by atoms with Crippen LogP contribution in [-0.4, -0.2) is 84.6 Å². The minimum atomic E-state index is -0.248. The fourth-order valence-corrected chi connectivity index (χ4v) is 4.07. The summed E-state index contributed by atoms with van der Waals surface area (Å²) in [4.78, 5) is 36.8. The van der Waals surface area contributed by atoms with Crippen molar-refractivity contribution in [1.82, 2.24) is 25.1 Å². The molecule has 0 aromatic carbocycles. The Morgan fingerprint density at radius 1 is 1.41 bits per heavy atom. The van der Waals surface area contributed by atoms with Crippen molar-refractivity contribution in [2.24, 2.45) is 5.41 Å². The third kappa shape index (κ3) is 4.43. The molecular weight excluding hydrogens is 370 g/mol. The zero-order valence-electron chi connectivity index (χ0n) is 17.1. The van der Waals surface area contributed by atoms with Crippen LogP contribution >= 0.6 is 0 Å². The molecule has 1 unspecified atom stereocenters. The molecule has 2 aromatic rings. The van der Waals surface area contributed by atoms with Gasteiger partial charge in [0.25, 0.3) is 5.91 Å². The normalized spacial score (nSPS) is 21.2. The monoisotopic (exact) mass is 399 g/mol. The molecule has 1 aliphatic heterocycles. The molecular formula is C21H29N5O3. The van der Waals surface area contributed by atoms with E-state index in [2.05, 4.69) is 20.2 Å². The van der Waals surface area contributed by atoms with E-state index in [0.29, 0.717) is 31.9 Å². The van der Waals surface area contributed by atoms with Crippen molar-refractivity contribution in [3.05, 3.63) is 30.2 Å². The van der Waals surface area contributed by atoms with Crippen LogP contribution in [0, 0.1) is 5.41 Å². The minimum Gasteiger partial charge on any atom is -0.374 e. The van der Waals surface area contributed by atoms with Crippen LogP contribution in [0.1, 0.15) is 29.8 Å². The lowest BCUT2D eigenvalue weighted by molar-refractivity contribution is -0.127. The second-order valence-electron chi connectivity index (χ2n) is 8.47. The van der Waals surface area contributed by atoms with Gasteiger partial charge in [-0.15, -0.1) is 0 Å². The molecule has 2 amide bonds. The van der Waals surface area contributed by atoms with Crippen molar-refractivity contribution in [1.29, 1.82) is 0 Å². The quantitative estimate of drug-likeness (QED) is 0.763. The van der Waals surface area contributed by atoms with Gasteiger partial charge in [0.15, 0.2) is 0 Å². The van der Waals surface area contributed by atoms with Gasteiger partial charge < -0.3 is 24.8 Å². The molecule has 3 heterocycles. The second-order valence-corrected chi connectivity index (χ2v) is 8.47. The highest BCUT2D eigenvalue weighted by Gasteiger charge is 2.49. The molecule has 2 fully saturated rings. The van der Waals surface area contributed by atoms with Crippen LogP contribution in [-0.2, 0) is 9.53 Å². The van der Waals surface area contributed by atoms with Gasteiger partial charge in [-0.1, -0.05) is 0 Å². The molecule has 1 atom stereocenters. The number of rotatable bonds is 6. The van der Waals surface area contributed by atoms with Gasteiger partial charge in [-0.2, -0.15) is 0 Å². The predicted octanol–water partition coefficient (Wildman–Crippen LogP) is 1.25. The number of fused-ring (bicyclic) bond motifs is 1. The first kappa shape index (κ1) is 19.8. The van der Waals surface area contributed by atoms with Crippen molar-refractivity contribution in [2.75, 3.05) is 46.9 Å². The number of hydrogen-bond donors (Lipinski definition) is 2. The SMILES string of the molecule is CN(C)CC1(C(=O)NCC2CN(C(=O)c3cc4cnccc4[nH]3)CCCO2)CC1. The molecule has 0 spiro atoms. The van der Waals surface area contributed by atoms with E-state index in [9.17, 15) is 9.59 Å². The average Bonchev–Trinajstić information content (AvgIpc) is 3.40. The smallest absolute Gasteiger partial charge is 0.270 e. The topological polar surface area (TPSA) is 90.6 Å². The maximum absolute atomic E-state index is 13.0. The Kier molecular flexibility index (Phi) is 5.56. The Morgan fingerprint density at radius 2 is 2.24 bits per heavy atom. The summed E-state index contributed by atoms with van der Waals surface area (Å²) in [5.41, 5.74) is 1.21. The number of nitrogens with zero attached hydrogens (tertiary/aromatic N) is 3. The molecule has 2 aromatic heterocycles. The fraction of sp³-hybridized carbons (Fsp3) is 0.571. The Bertz CT molecular complexity index is 856. The minimum absolute atomic E-state index is 0.0469. The summed E-state index contributed by atoms with van der Waals surface area (Å²) in [5.74, 6) is 0.0503. The molecule has 156 valence electrons. The molecule has 1 saturated heterocycles. The largest absolute Gasteiger partial charge is 0.374 e. The number of aromatic nitrogens is 2. The highest BCUT2D eigenvalue weighted by molar-refractivity contribution is 5.97. The Hall–Kier alpha value is -2.45. The number of hydrogen-bond acceptors (Lipinski definition) is 5. The summed E-state index contributed by atoms with van der Waals surface area (Å²) in [6.45, 7) is 2.89. The maximum atomic E-state index is 13.0. The van der Waals surface area contributed by atoms with Crippen LogP contribution in [0.2, 0.25) is 0 Å². The van der Waals surface area contributed by atoms with Crippen LogP contribution < -0.4 is 5.32 Å². The van der Waals surface area contributed by atoms with Crippen LogP contribution in [0.25, 0.3) is 10.9 Å². The number of ether oxygens (including phenoxy) is 1. The van der Waals surface area contributed by atoms with Crippen molar-refractivity contribution in [3.63, 3.8) is 0 Å². The zero-order chi connectivity index (χ0) is 20.4. The Morgan fingerprint density at radius 3 is 2.97 bits per heavy atom. The highest BCUT2D eigenvalue weighted by atomic mass is 16.5. The lowest BCUT2D eigenvalue weighted by Crippen LogP contribution is -2.45. The van der Waals surface area contributed by atoms with Crippen molar-refractivity contribution >= 4 is 22.7 Å². The van der Waals surface area contributed by atoms with E-state index in [4.69, 9.17) is 4.74 Å². The number of pyridine rings is 1. The molecule has 8 heteroatoms. The van der Waals surface area contributed by atoms with E-state index in [0.717, 1.165) is 36.7 Å². The van der Waals surface area contributed by atoms with Gasteiger partial charge in [-0.05, 0) is 45.5 Å². The van der Waals surface area contributed by atoms with E-state index in [1.807, 2.05) is 31.1 Å². The van der Waals surface area contributed by atoms with Crippen molar-refractivity contribution in [3.8, 4) is 0 Å². The lowest BCUT2D eigenvalue weighted by atomic mass is 10.1. The standard InChI is InChI=1S/C21H29N5O3/c1-25(2)14-21(5-6-21)20(28)23-12-16-13-26(8-3-9-29-16)19(27)18-10-15-11-22-7-4-17(15)24-18/h4,7,10-11,16,24H,3,5-6,8-9,12-14H2,1-2H3,(H,23,28). The number of H-pyrrole nitrogens is 1. The number of carbonyl (C=O) groups excluding carboxylic acids is 2. The third-order valence-electron chi connectivity index (χ3n) is 5.73. The zero-order valence-corrected chi connectivity index (χ0v) is 17.1. The van der Waals surface area contributed by atoms with E-state index in [1.165, 1.54) is 0 Å². The van der Waals surface area contributed by atoms with Gasteiger partial charge >= 0.3 is 0 Å². The van der Waals surface area contributed by atoms with Gasteiger partial charge in [0.1, 0.15) is 5.69 Å². The molecule has 8 nitrogen and oxygen atoms in total. The van der Waals surface area contributed by atoms with Gasteiger partial charge in [-0.25, -0.2) is 0 Å². The maximum Gasteiger partial charge on any atom is 0.270 e. The van der Waals surface area contributed by atoms with Crippen LogP contribution in [0.15, 0.2) is 24.5 Å². The highest BCUT2D eigenvalue weighted by Crippen LogP contribution is 2.46. The number of amides is 2. The summed E-state index contributed by atoms with van der Waals surface area (Å²) >= 11 is 0. The Labute approximate surface area is 170 Å². The number of aromatic amines is 1. The lowest BCUT2D eigenvalue weighted by Gasteiger charge is -2.25. The summed E-state index contributed by atoms with van der Waals surface area (Å²) in [7, 11) is 3.98. The van der Waals surface area contributed by atoms with E-state index in [-0.39, 0.29) is 23.3 Å². The van der Waals surface area contributed by atoms with Crippen LogP contribution in [0.3, 0.4) is 0 Å². The molecule has 0 bridgehead atoms. The second kappa shape index (κ2) is 8.12. The van der Waals surface area contributed by atoms with Gasteiger partial charge in [0.05, 0.1) is 11.5 Å². The third-order valence-corrected chi connectivity index (χ3v) is 5.73. The predicted molar refractivity (Wildman–Crippen MR) is 110 cm³/mol. The number of nitrogens with one attached hydrogen (secondary N) is 2. The van der Waals surface area contributed by atoms with E-state index in [1.54, 1.807) is 12.4 Å². The molecule has 2 aliphatic rings. The van der Waals surface area contributed by atoms with Crippen LogP contribution in [0.5, 0.6) is 0 Å². The van der Waals surface area contributed by atoms with Gasteiger partial charge in [0, 0.05) is 56.1 Å². The average molecular weight is 399 g/mol. The summed E-state index contributed by atoms with van der Waals surface area (Å²) < 4.78 is 5.90. The first-order chi connectivity index (χ1) is 14.0. The van der Waals surface area contributed by atoms with Crippen molar-refractivity contribution in [2.45, 2.75) is 25.4 Å². The van der Waals surface area contributed by atoms with Gasteiger partial charge in [0.2, 0.25) is 5.91 Å². The fourth-order valence-electron chi connectivity index (χ4n) is 4.07. The summed E-state index contributed by atoms with van der Waals surface area (Å²) in [5, 5.41) is 3.98. The first-order valence-corrected chi connectivity index (χ1v) is 10.2. The Balaban J connectivity index is 1.37. The van der Waals surface area contributed by atoms with E-state index >= 15 is 0 Å². The number of carbonyl (C=O) groups is 2. The van der Waals surface area contributed by atoms with E-state index < -0.39 is 0 Å².